The molecule has 1 aliphatic rings. The van der Waals surface area contributed by atoms with Crippen LogP contribution in [-0.4, -0.2) is 25.2 Å². The standard InChI is InChI=1S/C16H26N2O/c1-3-19-15-9-14(11-18-12-15)16-8-6-4-5-7-13(16)10-17-2/h9,11-13,16-17H,3-8,10H2,1-2H3. The molecule has 0 spiro atoms. The van der Waals surface area contributed by atoms with E-state index in [-0.39, 0.29) is 0 Å². The quantitative estimate of drug-likeness (QED) is 0.826. The van der Waals surface area contributed by atoms with Gasteiger partial charge in [0.1, 0.15) is 5.75 Å². The Labute approximate surface area is 116 Å². The van der Waals surface area contributed by atoms with E-state index < -0.39 is 0 Å². The molecule has 2 unspecified atom stereocenters. The number of pyridine rings is 1. The van der Waals surface area contributed by atoms with Crippen molar-refractivity contribution in [2.45, 2.75) is 44.9 Å². The van der Waals surface area contributed by atoms with E-state index in [0.29, 0.717) is 12.5 Å². The summed E-state index contributed by atoms with van der Waals surface area (Å²) in [7, 11) is 2.05. The van der Waals surface area contributed by atoms with E-state index in [0.717, 1.165) is 18.2 Å². The third-order valence-corrected chi connectivity index (χ3v) is 4.10. The third-order valence-electron chi connectivity index (χ3n) is 4.10. The van der Waals surface area contributed by atoms with Crippen molar-refractivity contribution in [2.24, 2.45) is 5.92 Å². The monoisotopic (exact) mass is 262 g/mol. The van der Waals surface area contributed by atoms with E-state index in [1.165, 1.54) is 37.7 Å². The summed E-state index contributed by atoms with van der Waals surface area (Å²) in [5.74, 6) is 2.27. The van der Waals surface area contributed by atoms with Gasteiger partial charge in [0.05, 0.1) is 12.8 Å². The van der Waals surface area contributed by atoms with Crippen molar-refractivity contribution in [1.29, 1.82) is 0 Å². The molecule has 1 saturated carbocycles. The maximum absolute atomic E-state index is 5.59. The van der Waals surface area contributed by atoms with E-state index in [9.17, 15) is 0 Å². The van der Waals surface area contributed by atoms with Crippen LogP contribution in [0.15, 0.2) is 18.5 Å². The van der Waals surface area contributed by atoms with Gasteiger partial charge in [0.25, 0.3) is 0 Å². The van der Waals surface area contributed by atoms with Crippen LogP contribution in [0.3, 0.4) is 0 Å². The first kappa shape index (κ1) is 14.3. The summed E-state index contributed by atoms with van der Waals surface area (Å²) in [5.41, 5.74) is 1.35. The van der Waals surface area contributed by atoms with E-state index >= 15 is 0 Å². The second-order valence-corrected chi connectivity index (χ2v) is 5.45. The smallest absolute Gasteiger partial charge is 0.137 e. The maximum atomic E-state index is 5.59. The molecule has 0 bridgehead atoms. The van der Waals surface area contributed by atoms with Crippen LogP contribution in [0.2, 0.25) is 0 Å². The van der Waals surface area contributed by atoms with Crippen LogP contribution in [0, 0.1) is 5.92 Å². The van der Waals surface area contributed by atoms with Gasteiger partial charge in [0.2, 0.25) is 0 Å². The zero-order valence-electron chi connectivity index (χ0n) is 12.2. The zero-order valence-corrected chi connectivity index (χ0v) is 12.2. The SMILES string of the molecule is CCOc1cncc(C2CCCCCC2CNC)c1. The van der Waals surface area contributed by atoms with Gasteiger partial charge in [-0.3, -0.25) is 4.98 Å². The Balaban J connectivity index is 2.17. The molecule has 1 aliphatic carbocycles. The highest BCUT2D eigenvalue weighted by Gasteiger charge is 2.25. The topological polar surface area (TPSA) is 34.1 Å². The van der Waals surface area contributed by atoms with Crippen LogP contribution in [0.4, 0.5) is 0 Å². The van der Waals surface area contributed by atoms with Crippen LogP contribution in [-0.2, 0) is 0 Å². The van der Waals surface area contributed by atoms with Gasteiger partial charge in [-0.1, -0.05) is 19.3 Å². The lowest BCUT2D eigenvalue weighted by molar-refractivity contribution is 0.336. The van der Waals surface area contributed by atoms with Gasteiger partial charge < -0.3 is 10.1 Å². The Morgan fingerprint density at radius 1 is 1.26 bits per heavy atom. The van der Waals surface area contributed by atoms with Crippen LogP contribution >= 0.6 is 0 Å². The van der Waals surface area contributed by atoms with Crippen LogP contribution in [0.25, 0.3) is 0 Å². The molecular formula is C16H26N2O. The molecule has 1 aromatic rings. The van der Waals surface area contributed by atoms with Gasteiger partial charge in [-0.05, 0) is 56.8 Å². The fourth-order valence-electron chi connectivity index (χ4n) is 3.21. The molecule has 1 heterocycles. The molecule has 0 radical (unpaired) electrons. The Hall–Kier alpha value is -1.09. The number of ether oxygens (including phenoxy) is 1. The molecule has 0 aromatic carbocycles. The highest BCUT2D eigenvalue weighted by atomic mass is 16.5. The van der Waals surface area contributed by atoms with Gasteiger partial charge in [-0.25, -0.2) is 0 Å². The van der Waals surface area contributed by atoms with Gasteiger partial charge in [0.15, 0.2) is 0 Å². The van der Waals surface area contributed by atoms with Crippen LogP contribution < -0.4 is 10.1 Å². The fraction of sp³-hybridized carbons (Fsp3) is 0.688. The van der Waals surface area contributed by atoms with E-state index in [1.807, 2.05) is 19.3 Å². The summed E-state index contributed by atoms with van der Waals surface area (Å²) >= 11 is 0. The average molecular weight is 262 g/mol. The maximum Gasteiger partial charge on any atom is 0.137 e. The second kappa shape index (κ2) is 7.49. The zero-order chi connectivity index (χ0) is 13.5. The molecule has 1 fully saturated rings. The Morgan fingerprint density at radius 3 is 2.89 bits per heavy atom. The minimum atomic E-state index is 0.628. The summed E-state index contributed by atoms with van der Waals surface area (Å²) in [6.45, 7) is 3.82. The van der Waals surface area contributed by atoms with Gasteiger partial charge in [-0.2, -0.15) is 0 Å². The molecule has 106 valence electrons. The van der Waals surface area contributed by atoms with Crippen molar-refractivity contribution in [3.8, 4) is 5.75 Å². The van der Waals surface area contributed by atoms with Crippen molar-refractivity contribution >= 4 is 0 Å². The van der Waals surface area contributed by atoms with Crippen LogP contribution in [0.1, 0.15) is 50.5 Å². The lowest BCUT2D eigenvalue weighted by atomic mass is 9.83. The Bertz CT molecular complexity index is 381. The number of aromatic nitrogens is 1. The van der Waals surface area contributed by atoms with Crippen LogP contribution in [0.5, 0.6) is 5.75 Å². The second-order valence-electron chi connectivity index (χ2n) is 5.45. The predicted molar refractivity (Wildman–Crippen MR) is 78.6 cm³/mol. The van der Waals surface area contributed by atoms with Gasteiger partial charge >= 0.3 is 0 Å². The van der Waals surface area contributed by atoms with Crippen molar-refractivity contribution in [3.05, 3.63) is 24.0 Å². The first-order valence-electron chi connectivity index (χ1n) is 7.57. The summed E-state index contributed by atoms with van der Waals surface area (Å²) in [4.78, 5) is 4.36. The molecule has 19 heavy (non-hydrogen) atoms. The summed E-state index contributed by atoms with van der Waals surface area (Å²) in [5, 5.41) is 3.35. The molecule has 2 atom stereocenters. The van der Waals surface area contributed by atoms with Crippen molar-refractivity contribution in [3.63, 3.8) is 0 Å². The minimum absolute atomic E-state index is 0.628. The average Bonchev–Trinajstić information content (AvgIpc) is 2.65. The molecule has 2 rings (SSSR count). The minimum Gasteiger partial charge on any atom is -0.492 e. The predicted octanol–water partition coefficient (Wildman–Crippen LogP) is 3.36. The highest BCUT2D eigenvalue weighted by Crippen LogP contribution is 2.36. The van der Waals surface area contributed by atoms with Gasteiger partial charge in [0, 0.05) is 6.20 Å². The molecule has 0 amide bonds. The van der Waals surface area contributed by atoms with Crippen molar-refractivity contribution < 1.29 is 4.74 Å². The first-order chi connectivity index (χ1) is 9.35. The van der Waals surface area contributed by atoms with E-state index in [1.54, 1.807) is 0 Å². The lowest BCUT2D eigenvalue weighted by Crippen LogP contribution is -2.24. The molecule has 0 saturated heterocycles. The normalized spacial score (nSPS) is 23.9. The molecule has 0 aliphatic heterocycles. The number of rotatable bonds is 5. The molecule has 1 N–H and O–H groups in total. The number of hydrogen-bond donors (Lipinski definition) is 1. The molecular weight excluding hydrogens is 236 g/mol. The van der Waals surface area contributed by atoms with E-state index in [4.69, 9.17) is 4.74 Å². The number of nitrogens with zero attached hydrogens (tertiary/aromatic N) is 1. The Kier molecular flexibility index (Phi) is 5.64. The summed E-state index contributed by atoms with van der Waals surface area (Å²) in [6, 6.07) is 2.19. The van der Waals surface area contributed by atoms with Gasteiger partial charge in [-0.15, -0.1) is 0 Å². The third kappa shape index (κ3) is 3.93. The Morgan fingerprint density at radius 2 is 2.11 bits per heavy atom. The lowest BCUT2D eigenvalue weighted by Gasteiger charge is -2.25. The van der Waals surface area contributed by atoms with E-state index in [2.05, 4.69) is 23.4 Å². The first-order valence-corrected chi connectivity index (χ1v) is 7.57. The van der Waals surface area contributed by atoms with Crippen molar-refractivity contribution in [1.82, 2.24) is 10.3 Å². The molecule has 1 aromatic heterocycles. The number of nitrogens with one attached hydrogen (secondary N) is 1. The highest BCUT2D eigenvalue weighted by molar-refractivity contribution is 5.27. The molecule has 3 nitrogen and oxygen atoms in total. The summed E-state index contributed by atoms with van der Waals surface area (Å²) < 4.78 is 5.59. The molecule has 3 heteroatoms. The largest absolute Gasteiger partial charge is 0.492 e. The van der Waals surface area contributed by atoms with Crippen molar-refractivity contribution in [2.75, 3.05) is 20.2 Å². The number of hydrogen-bond acceptors (Lipinski definition) is 3. The fourth-order valence-corrected chi connectivity index (χ4v) is 3.21. The summed E-state index contributed by atoms with van der Waals surface area (Å²) in [6.07, 6.45) is 10.5.